The van der Waals surface area contributed by atoms with E-state index < -0.39 is 12.0 Å². The van der Waals surface area contributed by atoms with E-state index in [1.54, 1.807) is 0 Å². The van der Waals surface area contributed by atoms with E-state index in [1.165, 1.54) is 18.2 Å². The van der Waals surface area contributed by atoms with Gasteiger partial charge in [0.1, 0.15) is 0 Å². The monoisotopic (exact) mass is 190 g/mol. The van der Waals surface area contributed by atoms with Gasteiger partial charge in [-0.2, -0.15) is 0 Å². The molecule has 1 atom stereocenters. The van der Waals surface area contributed by atoms with Crippen LogP contribution in [0.1, 0.15) is 0 Å². The smallest absolute Gasteiger partial charge is 0.193 e. The third kappa shape index (κ3) is 1.48. The summed E-state index contributed by atoms with van der Waals surface area (Å²) in [5, 5.41) is 0. The van der Waals surface area contributed by atoms with Gasteiger partial charge in [-0.15, -0.1) is 0 Å². The molecule has 1 unspecified atom stereocenters. The number of alkyl halides is 1. The van der Waals surface area contributed by atoms with E-state index in [4.69, 9.17) is 0 Å². The molecule has 0 amide bonds. The van der Waals surface area contributed by atoms with Gasteiger partial charge in [0.2, 0.25) is 0 Å². The van der Waals surface area contributed by atoms with Crippen molar-refractivity contribution in [3.63, 3.8) is 0 Å². The standard InChI is InChI=1S/C6H4BrFO/c7-4-1-2-6(9)5(8)3-4/h1-3,5H. The van der Waals surface area contributed by atoms with Crippen LogP contribution in [0, 0.1) is 0 Å². The van der Waals surface area contributed by atoms with Crippen molar-refractivity contribution in [3.05, 3.63) is 22.7 Å². The highest BCUT2D eigenvalue weighted by Crippen LogP contribution is 2.15. The number of carbonyl (C=O) groups excluding carboxylic acids is 1. The molecule has 0 aliphatic heterocycles. The zero-order valence-electron chi connectivity index (χ0n) is 4.47. The predicted molar refractivity (Wildman–Crippen MR) is 36.1 cm³/mol. The summed E-state index contributed by atoms with van der Waals surface area (Å²) in [5.74, 6) is -0.488. The Bertz CT molecular complexity index is 195. The molecule has 1 rings (SSSR count). The molecule has 0 fully saturated rings. The molecule has 0 saturated heterocycles. The summed E-state index contributed by atoms with van der Waals surface area (Å²) < 4.78 is 12.9. The van der Waals surface area contributed by atoms with Crippen LogP contribution >= 0.6 is 15.9 Å². The quantitative estimate of drug-likeness (QED) is 0.569. The number of ketones is 1. The van der Waals surface area contributed by atoms with Crippen molar-refractivity contribution in [3.8, 4) is 0 Å². The fourth-order valence-corrected chi connectivity index (χ4v) is 0.895. The van der Waals surface area contributed by atoms with E-state index in [0.717, 1.165) is 0 Å². The van der Waals surface area contributed by atoms with E-state index in [0.29, 0.717) is 4.48 Å². The van der Waals surface area contributed by atoms with Crippen LogP contribution in [0.3, 0.4) is 0 Å². The summed E-state index contributed by atoms with van der Waals surface area (Å²) >= 11 is 3.04. The third-order valence-electron chi connectivity index (χ3n) is 0.984. The van der Waals surface area contributed by atoms with Crippen molar-refractivity contribution in [1.29, 1.82) is 0 Å². The first-order chi connectivity index (χ1) is 4.20. The average molecular weight is 191 g/mol. The Morgan fingerprint density at radius 3 is 2.67 bits per heavy atom. The molecular formula is C6H4BrFO. The van der Waals surface area contributed by atoms with Gasteiger partial charge in [-0.1, -0.05) is 15.9 Å². The molecule has 0 aromatic carbocycles. The zero-order chi connectivity index (χ0) is 6.85. The fourth-order valence-electron chi connectivity index (χ4n) is 0.531. The third-order valence-corrected chi connectivity index (χ3v) is 1.51. The summed E-state index contributed by atoms with van der Waals surface area (Å²) in [5.41, 5.74) is 0. The molecule has 0 spiro atoms. The second kappa shape index (κ2) is 2.43. The molecule has 0 heterocycles. The molecule has 0 aromatic rings. The number of halogens is 2. The van der Waals surface area contributed by atoms with Gasteiger partial charge < -0.3 is 0 Å². The van der Waals surface area contributed by atoms with Crippen LogP contribution in [0.2, 0.25) is 0 Å². The Morgan fingerprint density at radius 1 is 1.56 bits per heavy atom. The van der Waals surface area contributed by atoms with Gasteiger partial charge in [0, 0.05) is 4.48 Å². The van der Waals surface area contributed by atoms with Crippen molar-refractivity contribution >= 4 is 21.7 Å². The number of hydrogen-bond acceptors (Lipinski definition) is 1. The number of rotatable bonds is 0. The summed E-state index contributed by atoms with van der Waals surface area (Å²) in [4.78, 5) is 10.4. The Morgan fingerprint density at radius 2 is 2.22 bits per heavy atom. The van der Waals surface area contributed by atoms with Crippen LogP contribution in [0.25, 0.3) is 0 Å². The lowest BCUT2D eigenvalue weighted by atomic mass is 10.1. The first kappa shape index (κ1) is 6.68. The van der Waals surface area contributed by atoms with Gasteiger partial charge in [-0.05, 0) is 18.2 Å². The first-order valence-electron chi connectivity index (χ1n) is 2.43. The summed E-state index contributed by atoms with van der Waals surface area (Å²) in [6.45, 7) is 0. The first-order valence-corrected chi connectivity index (χ1v) is 3.23. The predicted octanol–water partition coefficient (Wildman–Crippen LogP) is 1.74. The van der Waals surface area contributed by atoms with Gasteiger partial charge in [0.05, 0.1) is 0 Å². The normalized spacial score (nSPS) is 26.2. The maximum atomic E-state index is 12.3. The van der Waals surface area contributed by atoms with Crippen LogP contribution in [0.5, 0.6) is 0 Å². The number of allylic oxidation sites excluding steroid dienone is 4. The van der Waals surface area contributed by atoms with Gasteiger partial charge >= 0.3 is 0 Å². The van der Waals surface area contributed by atoms with E-state index in [1.807, 2.05) is 0 Å². The molecule has 9 heavy (non-hydrogen) atoms. The average Bonchev–Trinajstić information content (AvgIpc) is 1.80. The highest BCUT2D eigenvalue weighted by molar-refractivity contribution is 9.11. The molecule has 48 valence electrons. The Kier molecular flexibility index (Phi) is 1.81. The van der Waals surface area contributed by atoms with Gasteiger partial charge in [0.15, 0.2) is 12.0 Å². The van der Waals surface area contributed by atoms with E-state index in [-0.39, 0.29) is 0 Å². The lowest BCUT2D eigenvalue weighted by molar-refractivity contribution is -0.117. The number of carbonyl (C=O) groups is 1. The summed E-state index contributed by atoms with van der Waals surface area (Å²) in [6.07, 6.45) is 2.51. The van der Waals surface area contributed by atoms with Crippen molar-refractivity contribution in [2.45, 2.75) is 6.17 Å². The maximum Gasteiger partial charge on any atom is 0.193 e. The Hall–Kier alpha value is -0.440. The van der Waals surface area contributed by atoms with Crippen molar-refractivity contribution in [1.82, 2.24) is 0 Å². The molecule has 1 aliphatic rings. The van der Waals surface area contributed by atoms with E-state index in [9.17, 15) is 9.18 Å². The van der Waals surface area contributed by atoms with Gasteiger partial charge in [-0.25, -0.2) is 4.39 Å². The lowest BCUT2D eigenvalue weighted by Gasteiger charge is -2.01. The SMILES string of the molecule is O=C1C=CC(Br)=CC1F. The molecule has 0 radical (unpaired) electrons. The van der Waals surface area contributed by atoms with Crippen LogP contribution < -0.4 is 0 Å². The molecule has 1 aliphatic carbocycles. The zero-order valence-corrected chi connectivity index (χ0v) is 6.06. The second-order valence-electron chi connectivity index (χ2n) is 1.69. The van der Waals surface area contributed by atoms with Gasteiger partial charge in [0.25, 0.3) is 0 Å². The van der Waals surface area contributed by atoms with Crippen LogP contribution in [-0.2, 0) is 4.79 Å². The molecule has 0 N–H and O–H groups in total. The largest absolute Gasteiger partial charge is 0.291 e. The van der Waals surface area contributed by atoms with Gasteiger partial charge in [-0.3, -0.25) is 4.79 Å². The fraction of sp³-hybridized carbons (Fsp3) is 0.167. The minimum absolute atomic E-state index is 0.488. The molecule has 0 bridgehead atoms. The Balaban J connectivity index is 2.82. The van der Waals surface area contributed by atoms with Crippen molar-refractivity contribution in [2.75, 3.05) is 0 Å². The highest BCUT2D eigenvalue weighted by atomic mass is 79.9. The second-order valence-corrected chi connectivity index (χ2v) is 2.60. The molecule has 1 nitrogen and oxygen atoms in total. The molecular weight excluding hydrogens is 187 g/mol. The highest BCUT2D eigenvalue weighted by Gasteiger charge is 2.14. The topological polar surface area (TPSA) is 17.1 Å². The number of hydrogen-bond donors (Lipinski definition) is 0. The van der Waals surface area contributed by atoms with E-state index >= 15 is 0 Å². The van der Waals surface area contributed by atoms with Crippen LogP contribution in [0.4, 0.5) is 4.39 Å². The van der Waals surface area contributed by atoms with Crippen LogP contribution in [-0.4, -0.2) is 12.0 Å². The summed E-state index contributed by atoms with van der Waals surface area (Å²) in [7, 11) is 0. The molecule has 3 heteroatoms. The van der Waals surface area contributed by atoms with Crippen molar-refractivity contribution < 1.29 is 9.18 Å². The molecule has 0 aromatic heterocycles. The minimum Gasteiger partial charge on any atom is -0.291 e. The Labute approximate surface area is 60.4 Å². The summed E-state index contributed by atoms with van der Waals surface area (Å²) in [6, 6.07) is 0. The van der Waals surface area contributed by atoms with E-state index in [2.05, 4.69) is 15.9 Å². The van der Waals surface area contributed by atoms with Crippen LogP contribution in [0.15, 0.2) is 22.7 Å². The van der Waals surface area contributed by atoms with Crippen molar-refractivity contribution in [2.24, 2.45) is 0 Å². The maximum absolute atomic E-state index is 12.3. The minimum atomic E-state index is -1.45. The molecule has 0 saturated carbocycles. The lowest BCUT2D eigenvalue weighted by Crippen LogP contribution is -2.12.